The Morgan fingerprint density at radius 2 is 1.14 bits per heavy atom. The summed E-state index contributed by atoms with van der Waals surface area (Å²) >= 11 is 0. The van der Waals surface area contributed by atoms with Crippen molar-refractivity contribution in [3.8, 4) is 0 Å². The fourth-order valence-corrected chi connectivity index (χ4v) is 4.71. The van der Waals surface area contributed by atoms with Crippen molar-refractivity contribution in [1.82, 2.24) is 0 Å². The van der Waals surface area contributed by atoms with Crippen LogP contribution < -0.4 is 4.89 Å². The standard InChI is InChI=1S/C28H60NO6P/c1-6-8-9-10-11-12-13-14-15-16-17-18-19-20-21-22-24-32-26-28(33-7-2)27-35-36(30,31)34-25-23-29(3,4)5/h28H,6-27H2,1-5H3/t28-/m0/s1. The van der Waals surface area contributed by atoms with Gasteiger partial charge in [0.15, 0.2) is 0 Å². The molecule has 0 heterocycles. The molecule has 0 aromatic heterocycles. The van der Waals surface area contributed by atoms with Gasteiger partial charge in [0.2, 0.25) is 0 Å². The van der Waals surface area contributed by atoms with Gasteiger partial charge in [-0.05, 0) is 13.3 Å². The van der Waals surface area contributed by atoms with Crippen LogP contribution >= 0.6 is 7.82 Å². The number of nitrogens with zero attached hydrogens (tertiary/aromatic N) is 1. The molecule has 218 valence electrons. The van der Waals surface area contributed by atoms with Crippen LogP contribution in [-0.2, 0) is 23.1 Å². The van der Waals surface area contributed by atoms with Gasteiger partial charge in [-0.25, -0.2) is 0 Å². The first-order valence-electron chi connectivity index (χ1n) is 14.8. The normalized spacial score (nSPS) is 14.7. The number of unbranched alkanes of at least 4 members (excludes halogenated alkanes) is 15. The highest BCUT2D eigenvalue weighted by Crippen LogP contribution is 2.38. The lowest BCUT2D eigenvalue weighted by molar-refractivity contribution is -0.870. The van der Waals surface area contributed by atoms with Gasteiger partial charge < -0.3 is 27.9 Å². The average Bonchev–Trinajstić information content (AvgIpc) is 2.80. The smallest absolute Gasteiger partial charge is 0.268 e. The highest BCUT2D eigenvalue weighted by molar-refractivity contribution is 7.45. The van der Waals surface area contributed by atoms with Crippen LogP contribution in [0.4, 0.5) is 0 Å². The van der Waals surface area contributed by atoms with E-state index in [1.807, 2.05) is 28.1 Å². The summed E-state index contributed by atoms with van der Waals surface area (Å²) < 4.78 is 33.8. The SMILES string of the molecule is CCCCCCCCCCCCCCCCCCOC[C@@H](COP(=O)([O-])OCC[N+](C)(C)C)OCC. The molecule has 0 aromatic rings. The van der Waals surface area contributed by atoms with E-state index < -0.39 is 13.9 Å². The monoisotopic (exact) mass is 537 g/mol. The Morgan fingerprint density at radius 3 is 1.58 bits per heavy atom. The summed E-state index contributed by atoms with van der Waals surface area (Å²) in [7, 11) is 1.59. The lowest BCUT2D eigenvalue weighted by Gasteiger charge is -2.28. The van der Waals surface area contributed by atoms with Gasteiger partial charge in [-0.1, -0.05) is 103 Å². The van der Waals surface area contributed by atoms with E-state index in [1.54, 1.807) is 0 Å². The summed E-state index contributed by atoms with van der Waals surface area (Å²) in [4.78, 5) is 11.9. The maximum absolute atomic E-state index is 11.9. The molecule has 0 aliphatic heterocycles. The van der Waals surface area contributed by atoms with Gasteiger partial charge in [0.05, 0.1) is 34.4 Å². The predicted octanol–water partition coefficient (Wildman–Crippen LogP) is 6.88. The molecule has 36 heavy (non-hydrogen) atoms. The van der Waals surface area contributed by atoms with Crippen molar-refractivity contribution in [2.45, 2.75) is 123 Å². The zero-order chi connectivity index (χ0) is 27.0. The predicted molar refractivity (Wildman–Crippen MR) is 148 cm³/mol. The molecule has 0 bridgehead atoms. The summed E-state index contributed by atoms with van der Waals surface area (Å²) in [5.74, 6) is 0. The maximum Gasteiger partial charge on any atom is 0.268 e. The zero-order valence-corrected chi connectivity index (χ0v) is 25.4. The first-order chi connectivity index (χ1) is 17.2. The summed E-state index contributed by atoms with van der Waals surface area (Å²) in [5, 5.41) is 0. The summed E-state index contributed by atoms with van der Waals surface area (Å²) in [6.07, 6.45) is 21.1. The van der Waals surface area contributed by atoms with Gasteiger partial charge in [0.1, 0.15) is 19.3 Å². The maximum atomic E-state index is 11.9. The van der Waals surface area contributed by atoms with Crippen LogP contribution in [0.25, 0.3) is 0 Å². The van der Waals surface area contributed by atoms with Gasteiger partial charge in [0.25, 0.3) is 7.82 Å². The molecule has 7 nitrogen and oxygen atoms in total. The number of quaternary nitrogens is 1. The van der Waals surface area contributed by atoms with E-state index in [-0.39, 0.29) is 13.2 Å². The molecule has 0 spiro atoms. The minimum atomic E-state index is -4.33. The molecule has 0 aromatic carbocycles. The lowest BCUT2D eigenvalue weighted by atomic mass is 10.0. The van der Waals surface area contributed by atoms with Crippen LogP contribution in [0.5, 0.6) is 0 Å². The minimum absolute atomic E-state index is 0.0854. The minimum Gasteiger partial charge on any atom is -0.756 e. The molecule has 0 radical (unpaired) electrons. The Bertz CT molecular complexity index is 515. The Labute approximate surface area is 223 Å². The number of phosphoric acid groups is 1. The molecular weight excluding hydrogens is 477 g/mol. The first-order valence-corrected chi connectivity index (χ1v) is 16.3. The van der Waals surface area contributed by atoms with E-state index in [1.165, 1.54) is 96.3 Å². The molecule has 0 saturated carbocycles. The Balaban J connectivity index is 3.59. The Hall–Kier alpha value is -0.0100. The van der Waals surface area contributed by atoms with E-state index in [0.717, 1.165) is 6.42 Å². The van der Waals surface area contributed by atoms with Crippen molar-refractivity contribution in [1.29, 1.82) is 0 Å². The molecule has 0 amide bonds. The van der Waals surface area contributed by atoms with Crippen molar-refractivity contribution in [2.75, 3.05) is 60.7 Å². The fourth-order valence-electron chi connectivity index (χ4n) is 3.99. The third-order valence-electron chi connectivity index (χ3n) is 6.28. The molecule has 0 rings (SSSR count). The second kappa shape index (κ2) is 24.1. The number of ether oxygens (including phenoxy) is 2. The second-order valence-corrected chi connectivity index (χ2v) is 12.5. The molecular formula is C28H60NO6P. The number of hydrogen-bond acceptors (Lipinski definition) is 6. The van der Waals surface area contributed by atoms with Crippen molar-refractivity contribution in [3.05, 3.63) is 0 Å². The van der Waals surface area contributed by atoms with Crippen LogP contribution in [0.3, 0.4) is 0 Å². The quantitative estimate of drug-likeness (QED) is 0.0615. The topological polar surface area (TPSA) is 77.1 Å². The molecule has 0 aliphatic carbocycles. The number of hydrogen-bond donors (Lipinski definition) is 0. The van der Waals surface area contributed by atoms with Crippen LogP contribution in [0, 0.1) is 0 Å². The molecule has 0 N–H and O–H groups in total. The highest BCUT2D eigenvalue weighted by Gasteiger charge is 2.17. The van der Waals surface area contributed by atoms with Crippen LogP contribution in [0.15, 0.2) is 0 Å². The zero-order valence-electron chi connectivity index (χ0n) is 24.5. The average molecular weight is 538 g/mol. The van der Waals surface area contributed by atoms with E-state index in [0.29, 0.717) is 30.8 Å². The van der Waals surface area contributed by atoms with Gasteiger partial charge in [0, 0.05) is 13.2 Å². The van der Waals surface area contributed by atoms with Gasteiger partial charge >= 0.3 is 0 Å². The summed E-state index contributed by atoms with van der Waals surface area (Å²) in [6, 6.07) is 0. The first kappa shape index (κ1) is 36.0. The van der Waals surface area contributed by atoms with Crippen LogP contribution in [0.2, 0.25) is 0 Å². The molecule has 0 fully saturated rings. The van der Waals surface area contributed by atoms with Gasteiger partial charge in [-0.3, -0.25) is 4.57 Å². The van der Waals surface area contributed by atoms with Crippen molar-refractivity contribution in [2.24, 2.45) is 0 Å². The Morgan fingerprint density at radius 1 is 0.667 bits per heavy atom. The highest BCUT2D eigenvalue weighted by atomic mass is 31.2. The van der Waals surface area contributed by atoms with Crippen molar-refractivity contribution in [3.63, 3.8) is 0 Å². The van der Waals surface area contributed by atoms with E-state index in [9.17, 15) is 9.46 Å². The molecule has 0 aliphatic rings. The second-order valence-electron chi connectivity index (χ2n) is 11.0. The van der Waals surface area contributed by atoms with Crippen LogP contribution in [-0.4, -0.2) is 71.3 Å². The lowest BCUT2D eigenvalue weighted by Crippen LogP contribution is -2.37. The number of rotatable bonds is 28. The van der Waals surface area contributed by atoms with Crippen molar-refractivity contribution < 1.29 is 32.5 Å². The van der Waals surface area contributed by atoms with E-state index in [4.69, 9.17) is 18.5 Å². The molecule has 2 atom stereocenters. The van der Waals surface area contributed by atoms with Gasteiger partial charge in [-0.15, -0.1) is 0 Å². The molecule has 0 saturated heterocycles. The van der Waals surface area contributed by atoms with Crippen LogP contribution in [0.1, 0.15) is 117 Å². The molecule has 1 unspecified atom stereocenters. The number of likely N-dealkylation sites (N-methyl/N-ethyl adjacent to an activating group) is 1. The Kier molecular flexibility index (Phi) is 24.1. The summed E-state index contributed by atoms with van der Waals surface area (Å²) in [6.45, 7) is 6.20. The summed E-state index contributed by atoms with van der Waals surface area (Å²) in [5.41, 5.74) is 0. The van der Waals surface area contributed by atoms with E-state index in [2.05, 4.69) is 6.92 Å². The third-order valence-corrected chi connectivity index (χ3v) is 7.24. The van der Waals surface area contributed by atoms with Crippen molar-refractivity contribution >= 4 is 7.82 Å². The fraction of sp³-hybridized carbons (Fsp3) is 1.00. The largest absolute Gasteiger partial charge is 0.756 e. The van der Waals surface area contributed by atoms with Gasteiger partial charge in [-0.2, -0.15) is 0 Å². The third kappa shape index (κ3) is 27.0. The molecule has 8 heteroatoms. The van der Waals surface area contributed by atoms with E-state index >= 15 is 0 Å². The number of phosphoric ester groups is 1.